The van der Waals surface area contributed by atoms with Crippen LogP contribution in [0, 0.1) is 5.92 Å². The van der Waals surface area contributed by atoms with Gasteiger partial charge in [0.1, 0.15) is 0 Å². The molecule has 2 nitrogen and oxygen atoms in total. The number of hydrogen-bond donors (Lipinski definition) is 1. The van der Waals surface area contributed by atoms with Crippen molar-refractivity contribution in [1.29, 1.82) is 0 Å². The second-order valence-corrected chi connectivity index (χ2v) is 7.76. The van der Waals surface area contributed by atoms with Crippen LogP contribution in [-0.2, 0) is 19.3 Å². The number of fused-ring (bicyclic) bond motifs is 1. The Morgan fingerprint density at radius 3 is 2.91 bits per heavy atom. The minimum atomic E-state index is 0.109. The van der Waals surface area contributed by atoms with Crippen LogP contribution in [0.15, 0.2) is 35.7 Å². The van der Waals surface area contributed by atoms with Gasteiger partial charge >= 0.3 is 0 Å². The number of hydrogen-bond acceptors (Lipinski definition) is 2. The van der Waals surface area contributed by atoms with Crippen LogP contribution in [0.5, 0.6) is 0 Å². The highest BCUT2D eigenvalue weighted by Crippen LogP contribution is 2.32. The summed E-state index contributed by atoms with van der Waals surface area (Å²) in [6, 6.07) is 10.7. The summed E-state index contributed by atoms with van der Waals surface area (Å²) in [4.78, 5) is 14.0. The van der Waals surface area contributed by atoms with E-state index >= 15 is 0 Å². The van der Waals surface area contributed by atoms with Gasteiger partial charge in [0.2, 0.25) is 0 Å². The van der Waals surface area contributed by atoms with Gasteiger partial charge in [-0.05, 0) is 56.1 Å². The van der Waals surface area contributed by atoms with Crippen molar-refractivity contribution in [2.24, 2.45) is 5.92 Å². The predicted octanol–water partition coefficient (Wildman–Crippen LogP) is 4.62. The van der Waals surface area contributed by atoms with E-state index in [0.29, 0.717) is 0 Å². The summed E-state index contributed by atoms with van der Waals surface area (Å²) in [7, 11) is 0. The van der Waals surface area contributed by atoms with Gasteiger partial charge in [-0.1, -0.05) is 37.3 Å². The van der Waals surface area contributed by atoms with Gasteiger partial charge in [-0.15, -0.1) is 11.3 Å². The first-order valence-corrected chi connectivity index (χ1v) is 9.45. The van der Waals surface area contributed by atoms with Gasteiger partial charge in [-0.3, -0.25) is 4.79 Å². The van der Waals surface area contributed by atoms with Crippen LogP contribution in [0.3, 0.4) is 0 Å². The van der Waals surface area contributed by atoms with E-state index in [4.69, 9.17) is 0 Å². The lowest BCUT2D eigenvalue weighted by Gasteiger charge is -2.19. The van der Waals surface area contributed by atoms with E-state index in [1.165, 1.54) is 22.4 Å². The zero-order chi connectivity index (χ0) is 16.2. The number of rotatable bonds is 5. The maximum absolute atomic E-state index is 12.6. The van der Waals surface area contributed by atoms with E-state index in [1.807, 2.05) is 6.07 Å². The smallest absolute Gasteiger partial charge is 0.252 e. The van der Waals surface area contributed by atoms with Crippen molar-refractivity contribution in [3.05, 3.63) is 57.3 Å². The molecule has 1 amide bonds. The van der Waals surface area contributed by atoms with Crippen LogP contribution in [-0.4, -0.2) is 11.9 Å². The molecule has 1 heterocycles. The molecular weight excluding hydrogens is 302 g/mol. The monoisotopic (exact) mass is 327 g/mol. The Morgan fingerprint density at radius 2 is 2.13 bits per heavy atom. The molecule has 0 saturated carbocycles. The highest BCUT2D eigenvalue weighted by Gasteiger charge is 2.23. The summed E-state index contributed by atoms with van der Waals surface area (Å²) in [5.41, 5.74) is 3.56. The fourth-order valence-electron chi connectivity index (χ4n) is 3.27. The van der Waals surface area contributed by atoms with Crippen molar-refractivity contribution >= 4 is 17.2 Å². The fraction of sp³-hybridized carbons (Fsp3) is 0.450. The normalized spacial score (nSPS) is 18.3. The van der Waals surface area contributed by atoms with Gasteiger partial charge in [0.05, 0.1) is 5.56 Å². The molecular formula is C20H25NOS. The lowest BCUT2D eigenvalue weighted by atomic mass is 9.88. The molecule has 1 aromatic carbocycles. The van der Waals surface area contributed by atoms with E-state index in [1.54, 1.807) is 11.3 Å². The van der Waals surface area contributed by atoms with Crippen molar-refractivity contribution in [3.8, 4) is 0 Å². The summed E-state index contributed by atoms with van der Waals surface area (Å²) in [5.74, 6) is 0.861. The van der Waals surface area contributed by atoms with Gasteiger partial charge in [0.25, 0.3) is 5.91 Å². The second kappa shape index (κ2) is 7.31. The Kier molecular flexibility index (Phi) is 5.16. The molecule has 1 N–H and O–H groups in total. The van der Waals surface area contributed by atoms with Crippen molar-refractivity contribution in [1.82, 2.24) is 5.32 Å². The highest BCUT2D eigenvalue weighted by atomic mass is 32.1. The molecule has 3 rings (SSSR count). The molecule has 0 aliphatic heterocycles. The third kappa shape index (κ3) is 4.03. The number of carbonyl (C=O) groups is 1. The van der Waals surface area contributed by atoms with E-state index < -0.39 is 0 Å². The minimum Gasteiger partial charge on any atom is -0.350 e. The predicted molar refractivity (Wildman–Crippen MR) is 97.2 cm³/mol. The first-order valence-electron chi connectivity index (χ1n) is 8.57. The van der Waals surface area contributed by atoms with E-state index in [2.05, 4.69) is 48.8 Å². The average Bonchev–Trinajstić information content (AvgIpc) is 2.97. The van der Waals surface area contributed by atoms with E-state index in [0.717, 1.165) is 37.2 Å². The molecule has 0 saturated heterocycles. The molecule has 3 heteroatoms. The van der Waals surface area contributed by atoms with Crippen molar-refractivity contribution < 1.29 is 4.79 Å². The number of carbonyl (C=O) groups excluding carboxylic acids is 1. The van der Waals surface area contributed by atoms with Gasteiger partial charge < -0.3 is 5.32 Å². The molecule has 0 bridgehead atoms. The molecule has 0 unspecified atom stereocenters. The molecule has 0 spiro atoms. The fourth-order valence-corrected chi connectivity index (χ4v) is 4.51. The Balaban J connectivity index is 1.57. The third-order valence-corrected chi connectivity index (χ3v) is 5.78. The lowest BCUT2D eigenvalue weighted by molar-refractivity contribution is 0.0937. The molecule has 0 fully saturated rings. The molecule has 0 radical (unpaired) electrons. The summed E-state index contributed by atoms with van der Waals surface area (Å²) in [6.07, 6.45) is 5.37. The first kappa shape index (κ1) is 16.3. The summed E-state index contributed by atoms with van der Waals surface area (Å²) < 4.78 is 0. The number of amides is 1. The zero-order valence-electron chi connectivity index (χ0n) is 14.0. The van der Waals surface area contributed by atoms with Gasteiger partial charge in [0, 0.05) is 16.3 Å². The number of benzene rings is 1. The minimum absolute atomic E-state index is 0.109. The summed E-state index contributed by atoms with van der Waals surface area (Å²) in [6.45, 7) is 4.40. The molecule has 23 heavy (non-hydrogen) atoms. The van der Waals surface area contributed by atoms with E-state index in [-0.39, 0.29) is 11.9 Å². The average molecular weight is 327 g/mol. The number of thiophene rings is 1. The SMILES string of the molecule is C[C@@H]1CCc2c(C(=O)N[C@H](C)CCc3ccccc3)csc2C1. The molecule has 122 valence electrons. The largest absolute Gasteiger partial charge is 0.350 e. The Bertz CT molecular complexity index is 662. The standard InChI is InChI=1S/C20H25NOS/c1-14-8-11-17-18(13-23-19(17)12-14)20(22)21-15(2)9-10-16-6-4-3-5-7-16/h3-7,13-15H,8-12H2,1-2H3,(H,21,22)/t14-,15-/m1/s1. The molecule has 1 aliphatic rings. The van der Waals surface area contributed by atoms with Crippen LogP contribution < -0.4 is 5.32 Å². The Hall–Kier alpha value is -1.61. The van der Waals surface area contributed by atoms with Crippen LogP contribution in [0.4, 0.5) is 0 Å². The van der Waals surface area contributed by atoms with Gasteiger partial charge in [0.15, 0.2) is 0 Å². The number of nitrogens with one attached hydrogen (secondary N) is 1. The zero-order valence-corrected chi connectivity index (χ0v) is 14.8. The molecule has 1 aromatic heterocycles. The third-order valence-electron chi connectivity index (χ3n) is 4.73. The summed E-state index contributed by atoms with van der Waals surface area (Å²) >= 11 is 1.76. The van der Waals surface area contributed by atoms with Crippen molar-refractivity contribution in [3.63, 3.8) is 0 Å². The Labute approximate surface area is 142 Å². The summed E-state index contributed by atoms with van der Waals surface area (Å²) in [5, 5.41) is 5.24. The van der Waals surface area contributed by atoms with Crippen LogP contribution in [0.25, 0.3) is 0 Å². The van der Waals surface area contributed by atoms with Crippen LogP contribution >= 0.6 is 11.3 Å². The van der Waals surface area contributed by atoms with Gasteiger partial charge in [-0.25, -0.2) is 0 Å². The quantitative estimate of drug-likeness (QED) is 0.853. The van der Waals surface area contributed by atoms with Crippen molar-refractivity contribution in [2.45, 2.75) is 52.0 Å². The Morgan fingerprint density at radius 1 is 1.35 bits per heavy atom. The molecule has 2 atom stereocenters. The second-order valence-electron chi connectivity index (χ2n) is 6.80. The molecule has 2 aromatic rings. The topological polar surface area (TPSA) is 29.1 Å². The van der Waals surface area contributed by atoms with E-state index in [9.17, 15) is 4.79 Å². The highest BCUT2D eigenvalue weighted by molar-refractivity contribution is 7.10. The maximum Gasteiger partial charge on any atom is 0.252 e. The van der Waals surface area contributed by atoms with Gasteiger partial charge in [-0.2, -0.15) is 0 Å². The molecule has 1 aliphatic carbocycles. The van der Waals surface area contributed by atoms with Crippen LogP contribution in [0.1, 0.15) is 53.1 Å². The van der Waals surface area contributed by atoms with Crippen LogP contribution in [0.2, 0.25) is 0 Å². The first-order chi connectivity index (χ1) is 11.1. The maximum atomic E-state index is 12.6. The number of aryl methyl sites for hydroxylation is 1. The lowest BCUT2D eigenvalue weighted by Crippen LogP contribution is -2.33. The van der Waals surface area contributed by atoms with Crippen molar-refractivity contribution in [2.75, 3.05) is 0 Å².